The van der Waals surface area contributed by atoms with Gasteiger partial charge in [-0.25, -0.2) is 8.42 Å². The Morgan fingerprint density at radius 1 is 1.26 bits per heavy atom. The Labute approximate surface area is 116 Å². The van der Waals surface area contributed by atoms with Gasteiger partial charge >= 0.3 is 0 Å². The molecule has 1 aromatic carbocycles. The molecule has 1 aliphatic rings. The summed E-state index contributed by atoms with van der Waals surface area (Å²) in [5.41, 5.74) is 1.09. The molecular weight excluding hydrogens is 258 g/mol. The van der Waals surface area contributed by atoms with Crippen LogP contribution >= 0.6 is 0 Å². The molecule has 0 N–H and O–H groups in total. The van der Waals surface area contributed by atoms with Crippen molar-refractivity contribution >= 4 is 9.84 Å². The fourth-order valence-corrected chi connectivity index (χ4v) is 4.05. The van der Waals surface area contributed by atoms with Crippen LogP contribution in [0.1, 0.15) is 31.2 Å². The highest BCUT2D eigenvalue weighted by molar-refractivity contribution is 7.91. The van der Waals surface area contributed by atoms with E-state index in [0.717, 1.165) is 24.9 Å². The minimum Gasteiger partial charge on any atom is -0.303 e. The lowest BCUT2D eigenvalue weighted by molar-refractivity contribution is 0.295. The van der Waals surface area contributed by atoms with Gasteiger partial charge in [-0.05, 0) is 58.3 Å². The van der Waals surface area contributed by atoms with Gasteiger partial charge in [0.1, 0.15) is 0 Å². The molecule has 19 heavy (non-hydrogen) atoms. The van der Waals surface area contributed by atoms with Crippen molar-refractivity contribution in [3.8, 4) is 0 Å². The average Bonchev–Trinajstić information content (AvgIpc) is 2.75. The molecule has 1 aliphatic heterocycles. The van der Waals surface area contributed by atoms with E-state index in [1.165, 1.54) is 12.8 Å². The van der Waals surface area contributed by atoms with Gasteiger partial charge in [0, 0.05) is 6.04 Å². The molecular formula is C15H23NO2S. The van der Waals surface area contributed by atoms with Crippen molar-refractivity contribution in [2.24, 2.45) is 0 Å². The molecule has 1 unspecified atom stereocenters. The smallest absolute Gasteiger partial charge is 0.178 e. The lowest BCUT2D eigenvalue weighted by atomic mass is 10.1. The first-order valence-electron chi connectivity index (χ1n) is 6.99. The topological polar surface area (TPSA) is 37.4 Å². The zero-order chi connectivity index (χ0) is 13.9. The lowest BCUT2D eigenvalue weighted by Gasteiger charge is -2.18. The van der Waals surface area contributed by atoms with Crippen LogP contribution in [0.3, 0.4) is 0 Å². The predicted octanol–water partition coefficient (Wildman–Crippen LogP) is 2.64. The van der Waals surface area contributed by atoms with Crippen molar-refractivity contribution < 1.29 is 8.42 Å². The zero-order valence-electron chi connectivity index (χ0n) is 11.8. The first-order chi connectivity index (χ1) is 8.99. The van der Waals surface area contributed by atoms with E-state index in [-0.39, 0.29) is 5.75 Å². The monoisotopic (exact) mass is 281 g/mol. The molecule has 0 aliphatic carbocycles. The number of sulfone groups is 1. The van der Waals surface area contributed by atoms with Gasteiger partial charge < -0.3 is 4.90 Å². The average molecular weight is 281 g/mol. The van der Waals surface area contributed by atoms with Crippen LogP contribution in [-0.4, -0.2) is 38.7 Å². The molecule has 1 fully saturated rings. The Morgan fingerprint density at radius 2 is 1.95 bits per heavy atom. The van der Waals surface area contributed by atoms with Crippen LogP contribution < -0.4 is 0 Å². The molecule has 106 valence electrons. The third kappa shape index (κ3) is 3.80. The molecule has 0 aromatic heterocycles. The van der Waals surface area contributed by atoms with E-state index in [9.17, 15) is 8.42 Å². The molecule has 0 spiro atoms. The van der Waals surface area contributed by atoms with Crippen LogP contribution in [0, 0.1) is 6.92 Å². The largest absolute Gasteiger partial charge is 0.303 e. The van der Waals surface area contributed by atoms with Crippen molar-refractivity contribution in [1.29, 1.82) is 0 Å². The molecule has 1 aromatic rings. The van der Waals surface area contributed by atoms with Gasteiger partial charge in [-0.3, -0.25) is 0 Å². The van der Waals surface area contributed by atoms with Crippen molar-refractivity contribution in [3.63, 3.8) is 0 Å². The van der Waals surface area contributed by atoms with E-state index < -0.39 is 9.84 Å². The van der Waals surface area contributed by atoms with Crippen LogP contribution in [0.2, 0.25) is 0 Å². The standard InChI is InChI=1S/C15H23NO2S/c1-13-7-9-15(10-8-13)19(17,18)12-4-6-14-5-3-11-16(14)2/h7-10,14H,3-6,11-12H2,1-2H3. The summed E-state index contributed by atoms with van der Waals surface area (Å²) in [5.74, 6) is 0.264. The van der Waals surface area contributed by atoms with Gasteiger partial charge in [0.2, 0.25) is 0 Å². The molecule has 1 saturated heterocycles. The van der Waals surface area contributed by atoms with Gasteiger partial charge in [0.25, 0.3) is 0 Å². The molecule has 0 amide bonds. The second kappa shape index (κ2) is 6.06. The van der Waals surface area contributed by atoms with E-state index >= 15 is 0 Å². The lowest BCUT2D eigenvalue weighted by Crippen LogP contribution is -2.25. The van der Waals surface area contributed by atoms with Gasteiger partial charge in [-0.1, -0.05) is 17.7 Å². The minimum absolute atomic E-state index is 0.264. The number of benzene rings is 1. The molecule has 1 heterocycles. The van der Waals surface area contributed by atoms with E-state index in [4.69, 9.17) is 0 Å². The quantitative estimate of drug-likeness (QED) is 0.832. The SMILES string of the molecule is Cc1ccc(S(=O)(=O)CCCC2CCCN2C)cc1. The molecule has 0 saturated carbocycles. The van der Waals surface area contributed by atoms with E-state index in [2.05, 4.69) is 11.9 Å². The normalized spacial score (nSPS) is 20.8. The van der Waals surface area contributed by atoms with Gasteiger partial charge in [-0.15, -0.1) is 0 Å². The van der Waals surface area contributed by atoms with Crippen molar-refractivity contribution in [2.75, 3.05) is 19.3 Å². The molecule has 1 atom stereocenters. The van der Waals surface area contributed by atoms with Gasteiger partial charge in [0.15, 0.2) is 9.84 Å². The van der Waals surface area contributed by atoms with Crippen LogP contribution in [0.5, 0.6) is 0 Å². The summed E-state index contributed by atoms with van der Waals surface area (Å²) in [6.45, 7) is 3.11. The van der Waals surface area contributed by atoms with Crippen molar-refractivity contribution in [1.82, 2.24) is 4.90 Å². The highest BCUT2D eigenvalue weighted by Gasteiger charge is 2.21. The number of nitrogens with zero attached hydrogens (tertiary/aromatic N) is 1. The third-order valence-corrected chi connectivity index (χ3v) is 5.82. The maximum Gasteiger partial charge on any atom is 0.178 e. The van der Waals surface area contributed by atoms with Crippen LogP contribution in [0.4, 0.5) is 0 Å². The Balaban J connectivity index is 1.89. The van der Waals surface area contributed by atoms with Gasteiger partial charge in [0.05, 0.1) is 10.6 Å². The summed E-state index contributed by atoms with van der Waals surface area (Å²) >= 11 is 0. The Morgan fingerprint density at radius 3 is 2.53 bits per heavy atom. The molecule has 2 rings (SSSR count). The van der Waals surface area contributed by atoms with Gasteiger partial charge in [-0.2, -0.15) is 0 Å². The minimum atomic E-state index is -3.10. The number of hydrogen-bond acceptors (Lipinski definition) is 3. The van der Waals surface area contributed by atoms with E-state index in [1.807, 2.05) is 19.1 Å². The number of hydrogen-bond donors (Lipinski definition) is 0. The number of likely N-dealkylation sites (tertiary alicyclic amines) is 1. The summed E-state index contributed by atoms with van der Waals surface area (Å²) in [6, 6.07) is 7.72. The maximum atomic E-state index is 12.2. The Hall–Kier alpha value is -0.870. The number of rotatable bonds is 5. The summed E-state index contributed by atoms with van der Waals surface area (Å²) in [7, 11) is -0.974. The van der Waals surface area contributed by atoms with Crippen LogP contribution in [0.15, 0.2) is 29.2 Å². The molecule has 0 bridgehead atoms. The van der Waals surface area contributed by atoms with Crippen molar-refractivity contribution in [3.05, 3.63) is 29.8 Å². The Bertz CT molecular complexity index is 507. The van der Waals surface area contributed by atoms with Crippen molar-refractivity contribution in [2.45, 2.75) is 43.5 Å². The second-order valence-electron chi connectivity index (χ2n) is 5.55. The first-order valence-corrected chi connectivity index (χ1v) is 8.64. The third-order valence-electron chi connectivity index (χ3n) is 4.00. The molecule has 4 heteroatoms. The summed E-state index contributed by atoms with van der Waals surface area (Å²) in [6.07, 6.45) is 4.19. The fourth-order valence-electron chi connectivity index (χ4n) is 2.72. The second-order valence-corrected chi connectivity index (χ2v) is 7.66. The maximum absolute atomic E-state index is 12.2. The number of aryl methyl sites for hydroxylation is 1. The summed E-state index contributed by atoms with van der Waals surface area (Å²) in [5, 5.41) is 0. The predicted molar refractivity (Wildman–Crippen MR) is 78.1 cm³/mol. The highest BCUT2D eigenvalue weighted by Crippen LogP contribution is 2.20. The highest BCUT2D eigenvalue weighted by atomic mass is 32.2. The summed E-state index contributed by atoms with van der Waals surface area (Å²) in [4.78, 5) is 2.80. The molecule has 3 nitrogen and oxygen atoms in total. The fraction of sp³-hybridized carbons (Fsp3) is 0.600. The van der Waals surface area contributed by atoms with E-state index in [0.29, 0.717) is 10.9 Å². The zero-order valence-corrected chi connectivity index (χ0v) is 12.6. The summed E-state index contributed by atoms with van der Waals surface area (Å²) < 4.78 is 24.4. The molecule has 0 radical (unpaired) electrons. The first kappa shape index (κ1) is 14.5. The van der Waals surface area contributed by atoms with E-state index in [1.54, 1.807) is 12.1 Å². The Kier molecular flexibility index (Phi) is 4.63. The van der Waals surface area contributed by atoms with Crippen LogP contribution in [0.25, 0.3) is 0 Å². The van der Waals surface area contributed by atoms with Crippen LogP contribution in [-0.2, 0) is 9.84 Å².